The minimum absolute atomic E-state index is 0.449. The van der Waals surface area contributed by atoms with Gasteiger partial charge in [-0.3, -0.25) is 0 Å². The highest BCUT2D eigenvalue weighted by Gasteiger charge is 2.24. The van der Waals surface area contributed by atoms with E-state index in [1.807, 2.05) is 11.9 Å². The van der Waals surface area contributed by atoms with Crippen LogP contribution in [-0.4, -0.2) is 23.1 Å². The molecular formula is C11H14N2S. The number of fused-ring (bicyclic) bond motifs is 1. The van der Waals surface area contributed by atoms with Crippen molar-refractivity contribution in [3.8, 4) is 0 Å². The lowest BCUT2D eigenvalue weighted by Gasteiger charge is -2.24. The molecule has 0 bridgehead atoms. The minimum Gasteiger partial charge on any atom is -0.376 e. The van der Waals surface area contributed by atoms with E-state index >= 15 is 0 Å². The van der Waals surface area contributed by atoms with Gasteiger partial charge in [-0.25, -0.2) is 0 Å². The molecule has 0 spiro atoms. The molecule has 14 heavy (non-hydrogen) atoms. The molecule has 0 unspecified atom stereocenters. The third-order valence-corrected chi connectivity index (χ3v) is 3.21. The molecule has 0 saturated carbocycles. The van der Waals surface area contributed by atoms with Gasteiger partial charge >= 0.3 is 0 Å². The standard InChI is InChI=1S/C11H14N2S/c1-13(11(12)14)10-6-8-4-2-3-5-9(8)7-10/h2-5,10H,6-7H2,1H3,(H2,12,14). The predicted molar refractivity (Wildman–Crippen MR) is 62.2 cm³/mol. The van der Waals surface area contributed by atoms with Crippen LogP contribution in [-0.2, 0) is 12.8 Å². The zero-order valence-corrected chi connectivity index (χ0v) is 9.05. The fourth-order valence-electron chi connectivity index (χ4n) is 1.99. The molecule has 0 saturated heterocycles. The fourth-order valence-corrected chi connectivity index (χ4v) is 2.14. The number of likely N-dealkylation sites (N-methyl/N-ethyl adjacent to an activating group) is 1. The summed E-state index contributed by atoms with van der Waals surface area (Å²) in [7, 11) is 1.97. The van der Waals surface area contributed by atoms with Crippen LogP contribution in [0.1, 0.15) is 11.1 Å². The van der Waals surface area contributed by atoms with Crippen LogP contribution in [0, 0.1) is 0 Å². The maximum atomic E-state index is 5.61. The Hall–Kier alpha value is -1.09. The molecule has 1 aromatic carbocycles. The molecule has 2 nitrogen and oxygen atoms in total. The Morgan fingerprint density at radius 2 is 1.86 bits per heavy atom. The van der Waals surface area contributed by atoms with Crippen LogP contribution in [0.5, 0.6) is 0 Å². The first-order valence-corrected chi connectivity index (χ1v) is 5.18. The van der Waals surface area contributed by atoms with E-state index in [1.54, 1.807) is 0 Å². The van der Waals surface area contributed by atoms with E-state index < -0.39 is 0 Å². The number of hydrogen-bond donors (Lipinski definition) is 1. The van der Waals surface area contributed by atoms with Crippen LogP contribution in [0.3, 0.4) is 0 Å². The van der Waals surface area contributed by atoms with Gasteiger partial charge in [0.05, 0.1) is 0 Å². The summed E-state index contributed by atoms with van der Waals surface area (Å²) in [4.78, 5) is 2.00. The molecule has 1 aromatic rings. The predicted octanol–water partition coefficient (Wildman–Crippen LogP) is 1.33. The van der Waals surface area contributed by atoms with Gasteiger partial charge in [0, 0.05) is 13.1 Å². The Balaban J connectivity index is 2.15. The molecule has 0 aliphatic heterocycles. The zero-order valence-electron chi connectivity index (χ0n) is 8.23. The molecule has 0 aromatic heterocycles. The summed E-state index contributed by atoms with van der Waals surface area (Å²) >= 11 is 4.97. The maximum Gasteiger partial charge on any atom is 0.166 e. The third-order valence-electron chi connectivity index (χ3n) is 2.92. The van der Waals surface area contributed by atoms with E-state index in [4.69, 9.17) is 18.0 Å². The van der Waals surface area contributed by atoms with E-state index in [0.717, 1.165) is 12.8 Å². The smallest absolute Gasteiger partial charge is 0.166 e. The zero-order chi connectivity index (χ0) is 10.1. The quantitative estimate of drug-likeness (QED) is 0.703. The molecule has 0 heterocycles. The largest absolute Gasteiger partial charge is 0.376 e. The minimum atomic E-state index is 0.449. The lowest BCUT2D eigenvalue weighted by atomic mass is 10.1. The van der Waals surface area contributed by atoms with Crippen LogP contribution in [0.4, 0.5) is 0 Å². The van der Waals surface area contributed by atoms with Crippen molar-refractivity contribution in [2.75, 3.05) is 7.05 Å². The summed E-state index contributed by atoms with van der Waals surface area (Å²) in [6, 6.07) is 8.99. The van der Waals surface area contributed by atoms with Gasteiger partial charge < -0.3 is 10.6 Å². The molecule has 0 radical (unpaired) electrons. The summed E-state index contributed by atoms with van der Waals surface area (Å²) in [5.74, 6) is 0. The molecule has 3 heteroatoms. The van der Waals surface area contributed by atoms with Crippen LogP contribution < -0.4 is 5.73 Å². The number of benzene rings is 1. The Kier molecular flexibility index (Phi) is 2.42. The van der Waals surface area contributed by atoms with Crippen LogP contribution in [0.2, 0.25) is 0 Å². The van der Waals surface area contributed by atoms with Gasteiger partial charge in [-0.05, 0) is 36.2 Å². The van der Waals surface area contributed by atoms with Crippen LogP contribution in [0.25, 0.3) is 0 Å². The Bertz CT molecular complexity index is 337. The van der Waals surface area contributed by atoms with Crippen molar-refractivity contribution in [2.45, 2.75) is 18.9 Å². The number of thiocarbonyl (C=S) groups is 1. The molecule has 0 amide bonds. The van der Waals surface area contributed by atoms with E-state index in [2.05, 4.69) is 24.3 Å². The highest BCUT2D eigenvalue weighted by molar-refractivity contribution is 7.80. The average Bonchev–Trinajstić information content (AvgIpc) is 2.59. The first kappa shape index (κ1) is 9.46. The number of rotatable bonds is 1. The summed E-state index contributed by atoms with van der Waals surface area (Å²) in [5.41, 5.74) is 8.47. The van der Waals surface area contributed by atoms with Gasteiger partial charge in [0.1, 0.15) is 0 Å². The molecule has 1 aliphatic rings. The van der Waals surface area contributed by atoms with Crippen LogP contribution >= 0.6 is 12.2 Å². The summed E-state index contributed by atoms with van der Waals surface area (Å²) < 4.78 is 0. The van der Waals surface area contributed by atoms with Gasteiger partial charge in [0.25, 0.3) is 0 Å². The van der Waals surface area contributed by atoms with Crippen molar-refractivity contribution in [1.29, 1.82) is 0 Å². The normalized spacial score (nSPS) is 15.2. The SMILES string of the molecule is CN(C(N)=S)C1Cc2ccccc2C1. The first-order chi connectivity index (χ1) is 6.68. The number of nitrogens with zero attached hydrogens (tertiary/aromatic N) is 1. The first-order valence-electron chi connectivity index (χ1n) is 4.77. The Morgan fingerprint density at radius 3 is 2.29 bits per heavy atom. The van der Waals surface area contributed by atoms with Gasteiger partial charge in [-0.1, -0.05) is 24.3 Å². The average molecular weight is 206 g/mol. The van der Waals surface area contributed by atoms with E-state index in [0.29, 0.717) is 11.2 Å². The second kappa shape index (κ2) is 3.58. The lowest BCUT2D eigenvalue weighted by Crippen LogP contribution is -2.40. The van der Waals surface area contributed by atoms with Crippen molar-refractivity contribution in [3.05, 3.63) is 35.4 Å². The van der Waals surface area contributed by atoms with Crippen LogP contribution in [0.15, 0.2) is 24.3 Å². The fraction of sp³-hybridized carbons (Fsp3) is 0.364. The molecule has 2 rings (SSSR count). The van der Waals surface area contributed by atoms with Gasteiger partial charge in [-0.2, -0.15) is 0 Å². The van der Waals surface area contributed by atoms with Crippen molar-refractivity contribution in [1.82, 2.24) is 4.90 Å². The highest BCUT2D eigenvalue weighted by atomic mass is 32.1. The van der Waals surface area contributed by atoms with Crippen molar-refractivity contribution < 1.29 is 0 Å². The second-order valence-corrected chi connectivity index (χ2v) is 4.20. The number of nitrogens with two attached hydrogens (primary N) is 1. The molecule has 0 fully saturated rings. The highest BCUT2D eigenvalue weighted by Crippen LogP contribution is 2.24. The lowest BCUT2D eigenvalue weighted by molar-refractivity contribution is 0.380. The molecule has 0 atom stereocenters. The second-order valence-electron chi connectivity index (χ2n) is 3.78. The summed E-state index contributed by atoms with van der Waals surface area (Å²) in [6.07, 6.45) is 2.12. The van der Waals surface area contributed by atoms with Crippen molar-refractivity contribution in [2.24, 2.45) is 5.73 Å². The number of hydrogen-bond acceptors (Lipinski definition) is 1. The molecular weight excluding hydrogens is 192 g/mol. The molecule has 1 aliphatic carbocycles. The van der Waals surface area contributed by atoms with E-state index in [1.165, 1.54) is 11.1 Å². The van der Waals surface area contributed by atoms with Crippen molar-refractivity contribution >= 4 is 17.3 Å². The summed E-state index contributed by atoms with van der Waals surface area (Å²) in [5, 5.41) is 0.489. The van der Waals surface area contributed by atoms with E-state index in [9.17, 15) is 0 Å². The monoisotopic (exact) mass is 206 g/mol. The van der Waals surface area contributed by atoms with Gasteiger partial charge in [0.2, 0.25) is 0 Å². The third kappa shape index (κ3) is 1.60. The Morgan fingerprint density at radius 1 is 1.36 bits per heavy atom. The topological polar surface area (TPSA) is 29.3 Å². The van der Waals surface area contributed by atoms with Gasteiger partial charge in [0.15, 0.2) is 5.11 Å². The Labute approximate surface area is 89.7 Å². The molecule has 74 valence electrons. The maximum absolute atomic E-state index is 5.61. The van der Waals surface area contributed by atoms with E-state index in [-0.39, 0.29) is 0 Å². The van der Waals surface area contributed by atoms with Crippen molar-refractivity contribution in [3.63, 3.8) is 0 Å². The van der Waals surface area contributed by atoms with Gasteiger partial charge in [-0.15, -0.1) is 0 Å². The summed E-state index contributed by atoms with van der Waals surface area (Å²) in [6.45, 7) is 0. The molecule has 2 N–H and O–H groups in total.